The molecule has 108 valence electrons. The van der Waals surface area contributed by atoms with E-state index in [-0.39, 0.29) is 0 Å². The molecule has 1 aromatic carbocycles. The van der Waals surface area contributed by atoms with Crippen LogP contribution in [-0.2, 0) is 13.6 Å². The van der Waals surface area contributed by atoms with Crippen LogP contribution in [0.4, 0.5) is 0 Å². The Balaban J connectivity index is 2.22. The van der Waals surface area contributed by atoms with Crippen molar-refractivity contribution in [3.63, 3.8) is 0 Å². The van der Waals surface area contributed by atoms with Gasteiger partial charge in [0.1, 0.15) is 0 Å². The molecule has 2 rings (SSSR count). The number of nitrogens with zero attached hydrogens (tertiary/aromatic N) is 2. The Morgan fingerprint density at radius 2 is 2.20 bits per heavy atom. The predicted molar refractivity (Wildman–Crippen MR) is 85.5 cm³/mol. The summed E-state index contributed by atoms with van der Waals surface area (Å²) < 4.78 is 1.91. The molecule has 0 radical (unpaired) electrons. The van der Waals surface area contributed by atoms with Crippen LogP contribution in [0.3, 0.4) is 0 Å². The number of hydrogen-bond donors (Lipinski definition) is 1. The van der Waals surface area contributed by atoms with E-state index in [9.17, 15) is 0 Å². The van der Waals surface area contributed by atoms with Crippen LogP contribution in [0.15, 0.2) is 34.2 Å². The summed E-state index contributed by atoms with van der Waals surface area (Å²) >= 11 is 8.05. The van der Waals surface area contributed by atoms with Crippen molar-refractivity contribution in [3.05, 3.63) is 40.5 Å². The molecule has 0 aliphatic carbocycles. The summed E-state index contributed by atoms with van der Waals surface area (Å²) in [6.07, 6.45) is 1.12. The van der Waals surface area contributed by atoms with Gasteiger partial charge < -0.3 is 5.32 Å². The third-order valence-electron chi connectivity index (χ3n) is 2.98. The average Bonchev–Trinajstić information content (AvgIpc) is 2.71. The number of aryl methyl sites for hydroxylation is 2. The van der Waals surface area contributed by atoms with E-state index in [4.69, 9.17) is 11.6 Å². The first-order valence-electron chi connectivity index (χ1n) is 6.78. The summed E-state index contributed by atoms with van der Waals surface area (Å²) in [6.45, 7) is 5.96. The molecule has 5 heteroatoms. The van der Waals surface area contributed by atoms with Gasteiger partial charge in [-0.15, -0.1) is 0 Å². The molecule has 0 aliphatic rings. The minimum Gasteiger partial charge on any atom is -0.313 e. The van der Waals surface area contributed by atoms with Gasteiger partial charge in [0.25, 0.3) is 0 Å². The second-order valence-corrected chi connectivity index (χ2v) is 6.21. The molecular weight excluding hydrogens is 290 g/mol. The lowest BCUT2D eigenvalue weighted by Gasteiger charge is -2.12. The van der Waals surface area contributed by atoms with E-state index >= 15 is 0 Å². The maximum absolute atomic E-state index is 6.34. The summed E-state index contributed by atoms with van der Waals surface area (Å²) in [5.41, 5.74) is 2.19. The van der Waals surface area contributed by atoms with E-state index in [1.807, 2.05) is 30.8 Å². The van der Waals surface area contributed by atoms with E-state index in [0.29, 0.717) is 0 Å². The number of rotatable bonds is 6. The molecule has 0 atom stereocenters. The molecule has 2 aromatic rings. The zero-order valence-electron chi connectivity index (χ0n) is 12.1. The van der Waals surface area contributed by atoms with Crippen molar-refractivity contribution in [2.24, 2.45) is 7.05 Å². The van der Waals surface area contributed by atoms with Crippen molar-refractivity contribution < 1.29 is 0 Å². The van der Waals surface area contributed by atoms with Gasteiger partial charge in [0.15, 0.2) is 0 Å². The quantitative estimate of drug-likeness (QED) is 0.817. The first-order chi connectivity index (χ1) is 9.61. The fraction of sp³-hybridized carbons (Fsp3) is 0.400. The smallest absolute Gasteiger partial charge is 0.0987 e. The molecular formula is C15H20ClN3S. The summed E-state index contributed by atoms with van der Waals surface area (Å²) in [5.74, 6) is 0. The lowest BCUT2D eigenvalue weighted by atomic mass is 10.2. The molecule has 0 fully saturated rings. The van der Waals surface area contributed by atoms with Gasteiger partial charge in [-0.25, -0.2) is 0 Å². The number of aromatic nitrogens is 2. The van der Waals surface area contributed by atoms with Gasteiger partial charge in [0.05, 0.1) is 10.7 Å². The highest BCUT2D eigenvalue weighted by Gasteiger charge is 2.11. The largest absolute Gasteiger partial charge is 0.313 e. The Hall–Kier alpha value is -0.970. The van der Waals surface area contributed by atoms with Gasteiger partial charge in [-0.1, -0.05) is 36.4 Å². The van der Waals surface area contributed by atoms with Crippen molar-refractivity contribution in [3.8, 4) is 0 Å². The Kier molecular flexibility index (Phi) is 5.52. The third-order valence-corrected chi connectivity index (χ3v) is 4.53. The van der Waals surface area contributed by atoms with E-state index in [1.54, 1.807) is 11.8 Å². The van der Waals surface area contributed by atoms with E-state index in [1.165, 1.54) is 4.90 Å². The fourth-order valence-corrected chi connectivity index (χ4v) is 3.37. The zero-order valence-corrected chi connectivity index (χ0v) is 13.7. The molecule has 1 aromatic heterocycles. The number of benzene rings is 1. The maximum atomic E-state index is 6.34. The van der Waals surface area contributed by atoms with Crippen molar-refractivity contribution in [2.75, 3.05) is 6.54 Å². The monoisotopic (exact) mass is 309 g/mol. The van der Waals surface area contributed by atoms with Crippen LogP contribution in [0.25, 0.3) is 0 Å². The predicted octanol–water partition coefficient (Wildman–Crippen LogP) is 4.03. The van der Waals surface area contributed by atoms with Crippen LogP contribution in [0, 0.1) is 6.92 Å². The first kappa shape index (κ1) is 15.4. The van der Waals surface area contributed by atoms with Crippen molar-refractivity contribution in [1.29, 1.82) is 0 Å². The normalized spacial score (nSPS) is 11.0. The molecule has 0 unspecified atom stereocenters. The van der Waals surface area contributed by atoms with Crippen LogP contribution >= 0.6 is 23.4 Å². The minimum absolute atomic E-state index is 0.798. The Labute approximate surface area is 129 Å². The first-order valence-corrected chi connectivity index (χ1v) is 7.98. The molecule has 20 heavy (non-hydrogen) atoms. The van der Waals surface area contributed by atoms with Crippen LogP contribution in [0.1, 0.15) is 24.6 Å². The Morgan fingerprint density at radius 1 is 1.40 bits per heavy atom. The van der Waals surface area contributed by atoms with Gasteiger partial charge in [-0.3, -0.25) is 4.68 Å². The van der Waals surface area contributed by atoms with Crippen LogP contribution < -0.4 is 5.32 Å². The lowest BCUT2D eigenvalue weighted by Crippen LogP contribution is -2.14. The van der Waals surface area contributed by atoms with Gasteiger partial charge >= 0.3 is 0 Å². The Morgan fingerprint density at radius 3 is 2.85 bits per heavy atom. The van der Waals surface area contributed by atoms with Gasteiger partial charge in [-0.2, -0.15) is 5.10 Å². The van der Waals surface area contributed by atoms with Crippen LogP contribution in [0.5, 0.6) is 0 Å². The zero-order chi connectivity index (χ0) is 14.5. The van der Waals surface area contributed by atoms with E-state index < -0.39 is 0 Å². The lowest BCUT2D eigenvalue weighted by molar-refractivity contribution is 0.668. The maximum Gasteiger partial charge on any atom is 0.0987 e. The number of nitrogens with one attached hydrogen (secondary N) is 1. The minimum atomic E-state index is 0.798. The summed E-state index contributed by atoms with van der Waals surface area (Å²) in [4.78, 5) is 1.18. The molecule has 0 saturated heterocycles. The van der Waals surface area contributed by atoms with Crippen molar-refractivity contribution >= 4 is 23.4 Å². The van der Waals surface area contributed by atoms with Crippen LogP contribution in [-0.4, -0.2) is 16.3 Å². The number of hydrogen-bond acceptors (Lipinski definition) is 3. The van der Waals surface area contributed by atoms with E-state index in [2.05, 4.69) is 29.5 Å². The van der Waals surface area contributed by atoms with Gasteiger partial charge in [0.2, 0.25) is 0 Å². The molecule has 0 spiro atoms. The topological polar surface area (TPSA) is 29.9 Å². The second-order valence-electron chi connectivity index (χ2n) is 4.74. The fourth-order valence-electron chi connectivity index (χ4n) is 1.99. The van der Waals surface area contributed by atoms with Gasteiger partial charge in [-0.05, 0) is 43.7 Å². The van der Waals surface area contributed by atoms with Gasteiger partial charge in [0, 0.05) is 23.5 Å². The highest BCUT2D eigenvalue weighted by Crippen LogP contribution is 2.33. The number of halogens is 1. The van der Waals surface area contributed by atoms with Crippen LogP contribution in [0.2, 0.25) is 5.02 Å². The molecule has 1 N–H and O–H groups in total. The SMILES string of the molecule is CCCNCc1c(Cl)cccc1Sc1cc(C)nn1C. The van der Waals surface area contributed by atoms with Crippen molar-refractivity contribution in [1.82, 2.24) is 15.1 Å². The highest BCUT2D eigenvalue weighted by molar-refractivity contribution is 7.99. The second kappa shape index (κ2) is 7.16. The summed E-state index contributed by atoms with van der Waals surface area (Å²) in [7, 11) is 1.97. The van der Waals surface area contributed by atoms with E-state index in [0.717, 1.165) is 40.8 Å². The molecule has 0 amide bonds. The Bertz CT molecular complexity index is 580. The average molecular weight is 310 g/mol. The molecule has 0 saturated carbocycles. The summed E-state index contributed by atoms with van der Waals surface area (Å²) in [6, 6.07) is 8.15. The standard InChI is InChI=1S/C15H20ClN3S/c1-4-8-17-10-12-13(16)6-5-7-14(12)20-15-9-11(2)18-19(15)3/h5-7,9,17H,4,8,10H2,1-3H3. The summed E-state index contributed by atoms with van der Waals surface area (Å²) in [5, 5.41) is 9.74. The third kappa shape index (κ3) is 3.78. The molecule has 1 heterocycles. The van der Waals surface area contributed by atoms with Crippen molar-refractivity contribution in [2.45, 2.75) is 36.7 Å². The molecule has 3 nitrogen and oxygen atoms in total. The highest BCUT2D eigenvalue weighted by atomic mass is 35.5. The molecule has 0 aliphatic heterocycles. The molecule has 0 bridgehead atoms.